The topological polar surface area (TPSA) is 111 Å². The average Bonchev–Trinajstić information content (AvgIpc) is 2.99. The number of hydrogen-bond donors (Lipinski definition) is 1. The van der Waals surface area contributed by atoms with Crippen molar-refractivity contribution in [2.24, 2.45) is 18.9 Å². The average molecular weight is 415 g/mol. The predicted molar refractivity (Wildman–Crippen MR) is 103 cm³/mol. The number of hydrogen-bond acceptors (Lipinski definition) is 6. The number of aryl methyl sites for hydroxylation is 2. The molecule has 0 spiro atoms. The second-order valence-electron chi connectivity index (χ2n) is 7.63. The number of aromatic nitrogens is 2. The van der Waals surface area contributed by atoms with Crippen molar-refractivity contribution in [3.8, 4) is 0 Å². The molecule has 2 rings (SSSR count). The second kappa shape index (κ2) is 9.04. The molecule has 158 valence electrons. The number of esters is 1. The van der Waals surface area contributed by atoms with Crippen LogP contribution in [0.15, 0.2) is 11.2 Å². The van der Waals surface area contributed by atoms with Crippen LogP contribution in [0.2, 0.25) is 0 Å². The Morgan fingerprint density at radius 1 is 1.29 bits per heavy atom. The lowest BCUT2D eigenvalue weighted by Crippen LogP contribution is -2.43. The summed E-state index contributed by atoms with van der Waals surface area (Å²) in [6.07, 6.45) is 1.32. The number of imidazole rings is 1. The van der Waals surface area contributed by atoms with E-state index in [2.05, 4.69) is 10.3 Å². The van der Waals surface area contributed by atoms with Crippen molar-refractivity contribution in [2.75, 3.05) is 19.6 Å². The first kappa shape index (κ1) is 22.4. The minimum absolute atomic E-state index is 0.0176. The standard InChI is InChI=1S/C18H30N4O5S/c1-12(2)10-19-17(23)13(3)27-18(24)15-6-8-22(9-7-15)28(25,26)16-11-21(5)14(4)20-16/h11-13,15H,6-10H2,1-5H3,(H,19,23). The van der Waals surface area contributed by atoms with E-state index in [0.29, 0.717) is 31.1 Å². The van der Waals surface area contributed by atoms with Gasteiger partial charge in [-0.25, -0.2) is 13.4 Å². The Hall–Kier alpha value is -1.94. The van der Waals surface area contributed by atoms with Gasteiger partial charge in [-0.2, -0.15) is 4.31 Å². The molecule has 1 aliphatic rings. The second-order valence-corrected chi connectivity index (χ2v) is 9.52. The zero-order valence-corrected chi connectivity index (χ0v) is 18.0. The SMILES string of the molecule is Cc1nc(S(=O)(=O)N2CCC(C(=O)OC(C)C(=O)NCC(C)C)CC2)cn1C. The van der Waals surface area contributed by atoms with Crippen molar-refractivity contribution in [2.45, 2.75) is 51.7 Å². The van der Waals surface area contributed by atoms with Gasteiger partial charge >= 0.3 is 5.97 Å². The summed E-state index contributed by atoms with van der Waals surface area (Å²) in [5, 5.41) is 2.75. The fourth-order valence-electron chi connectivity index (χ4n) is 2.89. The van der Waals surface area contributed by atoms with Crippen LogP contribution in [0.4, 0.5) is 0 Å². The zero-order chi connectivity index (χ0) is 21.1. The quantitative estimate of drug-likeness (QED) is 0.662. The third-order valence-electron chi connectivity index (χ3n) is 4.82. The van der Waals surface area contributed by atoms with Gasteiger partial charge in [0.15, 0.2) is 11.1 Å². The molecule has 1 saturated heterocycles. The molecule has 2 heterocycles. The summed E-state index contributed by atoms with van der Waals surface area (Å²) in [4.78, 5) is 28.4. The minimum Gasteiger partial charge on any atom is -0.452 e. The minimum atomic E-state index is -3.68. The van der Waals surface area contributed by atoms with Gasteiger partial charge in [-0.15, -0.1) is 0 Å². The number of amides is 1. The largest absolute Gasteiger partial charge is 0.452 e. The monoisotopic (exact) mass is 414 g/mol. The first-order valence-corrected chi connectivity index (χ1v) is 10.9. The molecule has 0 aliphatic carbocycles. The van der Waals surface area contributed by atoms with E-state index in [1.165, 1.54) is 17.4 Å². The Kier molecular flexibility index (Phi) is 7.22. The molecule has 1 aliphatic heterocycles. The molecule has 10 heteroatoms. The first-order chi connectivity index (χ1) is 13.0. The highest BCUT2D eigenvalue weighted by molar-refractivity contribution is 7.89. The van der Waals surface area contributed by atoms with E-state index in [1.807, 2.05) is 13.8 Å². The molecule has 9 nitrogen and oxygen atoms in total. The van der Waals surface area contributed by atoms with Gasteiger partial charge in [-0.3, -0.25) is 9.59 Å². The van der Waals surface area contributed by atoms with Gasteiger partial charge < -0.3 is 14.6 Å². The van der Waals surface area contributed by atoms with Crippen LogP contribution < -0.4 is 5.32 Å². The number of sulfonamides is 1. The number of nitrogens with zero attached hydrogens (tertiary/aromatic N) is 3. The van der Waals surface area contributed by atoms with Gasteiger partial charge in [-0.05, 0) is 32.6 Å². The fourth-order valence-corrected chi connectivity index (χ4v) is 4.38. The molecule has 1 unspecified atom stereocenters. The number of nitrogens with one attached hydrogen (secondary N) is 1. The predicted octanol–water partition coefficient (Wildman–Crippen LogP) is 0.833. The van der Waals surface area contributed by atoms with Gasteiger partial charge in [-0.1, -0.05) is 13.8 Å². The molecule has 0 aromatic carbocycles. The van der Waals surface area contributed by atoms with E-state index in [1.54, 1.807) is 18.5 Å². The van der Waals surface area contributed by atoms with Gasteiger partial charge in [0.25, 0.3) is 15.9 Å². The highest BCUT2D eigenvalue weighted by atomic mass is 32.2. The molecule has 1 N–H and O–H groups in total. The molecule has 1 atom stereocenters. The summed E-state index contributed by atoms with van der Waals surface area (Å²) < 4.78 is 33.7. The third-order valence-corrected chi connectivity index (χ3v) is 6.59. The number of ether oxygens (including phenoxy) is 1. The molecule has 1 amide bonds. The Bertz CT molecular complexity index is 790. The zero-order valence-electron chi connectivity index (χ0n) is 17.1. The van der Waals surface area contributed by atoms with Crippen LogP contribution in [0.5, 0.6) is 0 Å². The number of carbonyl (C=O) groups excluding carboxylic acids is 2. The van der Waals surface area contributed by atoms with E-state index in [9.17, 15) is 18.0 Å². The van der Waals surface area contributed by atoms with Crippen LogP contribution >= 0.6 is 0 Å². The van der Waals surface area contributed by atoms with E-state index in [-0.39, 0.29) is 24.0 Å². The molecular formula is C18H30N4O5S. The first-order valence-electron chi connectivity index (χ1n) is 9.50. The summed E-state index contributed by atoms with van der Waals surface area (Å²) in [6, 6.07) is 0. The lowest BCUT2D eigenvalue weighted by molar-refractivity contribution is -0.159. The van der Waals surface area contributed by atoms with Crippen molar-refractivity contribution in [1.82, 2.24) is 19.2 Å². The lowest BCUT2D eigenvalue weighted by atomic mass is 9.98. The van der Waals surface area contributed by atoms with Gasteiger partial charge in [0.05, 0.1) is 5.92 Å². The smallest absolute Gasteiger partial charge is 0.309 e. The van der Waals surface area contributed by atoms with E-state index in [0.717, 1.165) is 0 Å². The van der Waals surface area contributed by atoms with Crippen molar-refractivity contribution >= 4 is 21.9 Å². The maximum absolute atomic E-state index is 12.7. The maximum Gasteiger partial charge on any atom is 0.309 e. The van der Waals surface area contributed by atoms with Crippen LogP contribution in [-0.2, 0) is 31.4 Å². The number of carbonyl (C=O) groups is 2. The third kappa shape index (κ3) is 5.32. The van der Waals surface area contributed by atoms with E-state index < -0.39 is 28.0 Å². The highest BCUT2D eigenvalue weighted by Crippen LogP contribution is 2.24. The lowest BCUT2D eigenvalue weighted by Gasteiger charge is -2.30. The Morgan fingerprint density at radius 2 is 1.89 bits per heavy atom. The summed E-state index contributed by atoms with van der Waals surface area (Å²) in [6.45, 7) is 8.17. The molecule has 0 radical (unpaired) electrons. The van der Waals surface area contributed by atoms with Gasteiger partial charge in [0, 0.05) is 32.9 Å². The fraction of sp³-hybridized carbons (Fsp3) is 0.722. The maximum atomic E-state index is 12.7. The van der Waals surface area contributed by atoms with Crippen LogP contribution in [0.25, 0.3) is 0 Å². The summed E-state index contributed by atoms with van der Waals surface area (Å²) in [7, 11) is -1.94. The number of rotatable bonds is 7. The molecule has 1 aromatic rings. The van der Waals surface area contributed by atoms with Crippen LogP contribution in [0.1, 0.15) is 39.4 Å². The summed E-state index contributed by atoms with van der Waals surface area (Å²) >= 11 is 0. The van der Waals surface area contributed by atoms with Crippen molar-refractivity contribution in [3.63, 3.8) is 0 Å². The van der Waals surface area contributed by atoms with E-state index in [4.69, 9.17) is 4.74 Å². The molecule has 1 fully saturated rings. The molecule has 1 aromatic heterocycles. The van der Waals surface area contributed by atoms with E-state index >= 15 is 0 Å². The number of piperidine rings is 1. The Labute approximate surface area is 166 Å². The molecule has 28 heavy (non-hydrogen) atoms. The van der Waals surface area contributed by atoms with Crippen molar-refractivity contribution < 1.29 is 22.7 Å². The van der Waals surface area contributed by atoms with Crippen LogP contribution in [0.3, 0.4) is 0 Å². The summed E-state index contributed by atoms with van der Waals surface area (Å²) in [5.74, 6) is -0.287. The molecular weight excluding hydrogens is 384 g/mol. The van der Waals surface area contributed by atoms with Crippen LogP contribution in [0, 0.1) is 18.8 Å². The Morgan fingerprint density at radius 3 is 2.39 bits per heavy atom. The van der Waals surface area contributed by atoms with Gasteiger partial charge in [0.1, 0.15) is 5.82 Å². The molecule has 0 bridgehead atoms. The normalized spacial score (nSPS) is 17.5. The highest BCUT2D eigenvalue weighted by Gasteiger charge is 2.35. The van der Waals surface area contributed by atoms with Gasteiger partial charge in [0.2, 0.25) is 0 Å². The Balaban J connectivity index is 1.89. The molecule has 0 saturated carbocycles. The van der Waals surface area contributed by atoms with Crippen molar-refractivity contribution in [1.29, 1.82) is 0 Å². The van der Waals surface area contributed by atoms with Crippen molar-refractivity contribution in [3.05, 3.63) is 12.0 Å². The summed E-state index contributed by atoms with van der Waals surface area (Å²) in [5.41, 5.74) is 0. The van der Waals surface area contributed by atoms with Crippen LogP contribution in [-0.4, -0.2) is 59.9 Å².